The first-order chi connectivity index (χ1) is 11.6. The summed E-state index contributed by atoms with van der Waals surface area (Å²) in [5.41, 5.74) is 1.27. The maximum absolute atomic E-state index is 12.5. The molecule has 2 heterocycles. The largest absolute Gasteiger partial charge is 0.337 e. The van der Waals surface area contributed by atoms with Crippen LogP contribution in [0.25, 0.3) is 0 Å². The van der Waals surface area contributed by atoms with Crippen molar-refractivity contribution in [1.82, 2.24) is 16.0 Å². The van der Waals surface area contributed by atoms with Gasteiger partial charge in [-0.1, -0.05) is 24.6 Å². The summed E-state index contributed by atoms with van der Waals surface area (Å²) in [7, 11) is 0. The fourth-order valence-electron chi connectivity index (χ4n) is 4.18. The van der Waals surface area contributed by atoms with Crippen molar-refractivity contribution in [3.8, 4) is 0 Å². The lowest BCUT2D eigenvalue weighted by atomic mass is 9.87. The summed E-state index contributed by atoms with van der Waals surface area (Å²) in [4.78, 5) is 38.0. The topological polar surface area (TPSA) is 90.5 Å². The predicted octanol–water partition coefficient (Wildman–Crippen LogP) is 1.14. The van der Waals surface area contributed by atoms with Crippen LogP contribution in [0.4, 0.5) is 15.3 Å². The van der Waals surface area contributed by atoms with Gasteiger partial charge in [0.1, 0.15) is 5.54 Å². The Balaban J connectivity index is 1.43. The second kappa shape index (κ2) is 5.51. The number of rotatable bonds is 2. The average Bonchev–Trinajstić information content (AvgIpc) is 3.24. The second-order valence-electron chi connectivity index (χ2n) is 6.69. The first-order valence-electron chi connectivity index (χ1n) is 8.37. The molecule has 4 rings (SSSR count). The van der Waals surface area contributed by atoms with E-state index in [4.69, 9.17) is 0 Å². The Morgan fingerprint density at radius 2 is 2.17 bits per heavy atom. The molecule has 3 N–H and O–H groups in total. The van der Waals surface area contributed by atoms with Gasteiger partial charge in [0.2, 0.25) is 0 Å². The standard InChI is InChI=1S/C17H20N4O3/c22-14-17(20-15(23)19-14)8-3-5-12(17)10-18-16(24)21-9-7-11-4-1-2-6-13(11)21/h1-2,4,6,12H,3,5,7-10H2,(H,18,24)(H2,19,20,22,23). The number of para-hydroxylation sites is 1. The molecule has 24 heavy (non-hydrogen) atoms. The number of benzene rings is 1. The third-order valence-corrected chi connectivity index (χ3v) is 5.42. The molecule has 2 unspecified atom stereocenters. The molecule has 1 spiro atoms. The molecule has 7 nitrogen and oxygen atoms in total. The van der Waals surface area contributed by atoms with Crippen LogP contribution in [0, 0.1) is 5.92 Å². The molecule has 3 aliphatic rings. The van der Waals surface area contributed by atoms with Gasteiger partial charge in [0.25, 0.3) is 5.91 Å². The van der Waals surface area contributed by atoms with Crippen molar-refractivity contribution in [2.24, 2.45) is 5.92 Å². The van der Waals surface area contributed by atoms with E-state index < -0.39 is 11.6 Å². The van der Waals surface area contributed by atoms with Crippen molar-refractivity contribution in [2.45, 2.75) is 31.2 Å². The van der Waals surface area contributed by atoms with Crippen LogP contribution in [-0.4, -0.2) is 36.6 Å². The Bertz CT molecular complexity index is 720. The third-order valence-electron chi connectivity index (χ3n) is 5.42. The summed E-state index contributed by atoms with van der Waals surface area (Å²) in [6.45, 7) is 1.05. The molecule has 2 atom stereocenters. The number of nitrogens with zero attached hydrogens (tertiary/aromatic N) is 1. The molecular weight excluding hydrogens is 308 g/mol. The van der Waals surface area contributed by atoms with Crippen molar-refractivity contribution in [3.63, 3.8) is 0 Å². The zero-order chi connectivity index (χ0) is 16.7. The van der Waals surface area contributed by atoms with E-state index in [1.165, 1.54) is 5.56 Å². The highest BCUT2D eigenvalue weighted by atomic mass is 16.2. The first kappa shape index (κ1) is 15.0. The Hall–Kier alpha value is -2.57. The van der Waals surface area contributed by atoms with Crippen LogP contribution >= 0.6 is 0 Å². The molecule has 0 radical (unpaired) electrons. The highest BCUT2D eigenvalue weighted by molar-refractivity contribution is 6.07. The van der Waals surface area contributed by atoms with E-state index in [-0.39, 0.29) is 17.9 Å². The third kappa shape index (κ3) is 2.23. The Labute approximate surface area is 139 Å². The monoisotopic (exact) mass is 328 g/mol. The number of amides is 5. The van der Waals surface area contributed by atoms with Crippen molar-refractivity contribution in [1.29, 1.82) is 0 Å². The quantitative estimate of drug-likeness (QED) is 0.711. The Kier molecular flexibility index (Phi) is 3.44. The van der Waals surface area contributed by atoms with Gasteiger partial charge >= 0.3 is 12.1 Å². The molecule has 1 aromatic rings. The van der Waals surface area contributed by atoms with Crippen molar-refractivity contribution in [2.75, 3.05) is 18.0 Å². The van der Waals surface area contributed by atoms with Gasteiger partial charge in [-0.3, -0.25) is 15.0 Å². The lowest BCUT2D eigenvalue weighted by Crippen LogP contribution is -2.54. The molecule has 1 aliphatic carbocycles. The molecule has 7 heteroatoms. The van der Waals surface area contributed by atoms with E-state index >= 15 is 0 Å². The van der Waals surface area contributed by atoms with Crippen molar-refractivity contribution < 1.29 is 14.4 Å². The number of nitrogens with one attached hydrogen (secondary N) is 3. The number of hydrogen-bond donors (Lipinski definition) is 3. The van der Waals surface area contributed by atoms with Crippen molar-refractivity contribution >= 4 is 23.7 Å². The summed E-state index contributed by atoms with van der Waals surface area (Å²) >= 11 is 0. The fourth-order valence-corrected chi connectivity index (χ4v) is 4.18. The summed E-state index contributed by atoms with van der Waals surface area (Å²) in [5, 5.41) is 8.05. The highest BCUT2D eigenvalue weighted by Gasteiger charge is 2.54. The normalized spacial score (nSPS) is 28.0. The number of urea groups is 2. The van der Waals surface area contributed by atoms with E-state index in [1.54, 1.807) is 4.90 Å². The van der Waals surface area contributed by atoms with Gasteiger partial charge in [0.05, 0.1) is 0 Å². The molecule has 1 saturated carbocycles. The van der Waals surface area contributed by atoms with Gasteiger partial charge in [-0.25, -0.2) is 9.59 Å². The number of fused-ring (bicyclic) bond motifs is 1. The molecule has 2 fully saturated rings. The minimum absolute atomic E-state index is 0.0780. The molecular formula is C17H20N4O3. The van der Waals surface area contributed by atoms with Crippen LogP contribution in [0.2, 0.25) is 0 Å². The van der Waals surface area contributed by atoms with Gasteiger partial charge in [0, 0.05) is 24.7 Å². The summed E-state index contributed by atoms with van der Waals surface area (Å²) < 4.78 is 0. The molecule has 0 aromatic heterocycles. The second-order valence-corrected chi connectivity index (χ2v) is 6.69. The molecule has 2 aliphatic heterocycles. The predicted molar refractivity (Wildman–Crippen MR) is 87.6 cm³/mol. The molecule has 5 amide bonds. The number of imide groups is 1. The Morgan fingerprint density at radius 3 is 2.96 bits per heavy atom. The lowest BCUT2D eigenvalue weighted by Gasteiger charge is -2.29. The maximum Gasteiger partial charge on any atom is 0.322 e. The molecule has 1 saturated heterocycles. The molecule has 1 aromatic carbocycles. The average molecular weight is 328 g/mol. The number of carbonyl (C=O) groups excluding carboxylic acids is 3. The SMILES string of the molecule is O=C1NC(=O)C2(CCCC2CNC(=O)N2CCc3ccccc32)N1. The summed E-state index contributed by atoms with van der Waals surface area (Å²) in [6, 6.07) is 7.30. The van der Waals surface area contributed by atoms with Crippen molar-refractivity contribution in [3.05, 3.63) is 29.8 Å². The minimum atomic E-state index is -0.854. The summed E-state index contributed by atoms with van der Waals surface area (Å²) in [6.07, 6.45) is 3.15. The maximum atomic E-state index is 12.5. The summed E-state index contributed by atoms with van der Waals surface area (Å²) in [5.74, 6) is -0.346. The van der Waals surface area contributed by atoms with Crippen LogP contribution in [0.15, 0.2) is 24.3 Å². The van der Waals surface area contributed by atoms with E-state index in [0.717, 1.165) is 24.9 Å². The van der Waals surface area contributed by atoms with Crippen LogP contribution in [0.3, 0.4) is 0 Å². The first-order valence-corrected chi connectivity index (χ1v) is 8.37. The van der Waals surface area contributed by atoms with Crippen LogP contribution in [-0.2, 0) is 11.2 Å². The van der Waals surface area contributed by atoms with Crippen LogP contribution in [0.5, 0.6) is 0 Å². The van der Waals surface area contributed by atoms with Crippen LogP contribution < -0.4 is 20.9 Å². The number of anilines is 1. The molecule has 126 valence electrons. The zero-order valence-electron chi connectivity index (χ0n) is 13.3. The van der Waals surface area contributed by atoms with E-state index in [1.807, 2.05) is 24.3 Å². The molecule has 0 bridgehead atoms. The lowest BCUT2D eigenvalue weighted by molar-refractivity contribution is -0.125. The van der Waals surface area contributed by atoms with Gasteiger partial charge < -0.3 is 10.6 Å². The van der Waals surface area contributed by atoms with E-state index in [2.05, 4.69) is 16.0 Å². The number of hydrogen-bond acceptors (Lipinski definition) is 3. The van der Waals surface area contributed by atoms with E-state index in [0.29, 0.717) is 19.5 Å². The highest BCUT2D eigenvalue weighted by Crippen LogP contribution is 2.37. The van der Waals surface area contributed by atoms with E-state index in [9.17, 15) is 14.4 Å². The van der Waals surface area contributed by atoms with Gasteiger partial charge in [0.15, 0.2) is 0 Å². The van der Waals surface area contributed by atoms with Gasteiger partial charge in [-0.15, -0.1) is 0 Å². The zero-order valence-corrected chi connectivity index (χ0v) is 13.3. The fraction of sp³-hybridized carbons (Fsp3) is 0.471. The smallest absolute Gasteiger partial charge is 0.322 e. The van der Waals surface area contributed by atoms with Crippen LogP contribution in [0.1, 0.15) is 24.8 Å². The Morgan fingerprint density at radius 1 is 1.33 bits per heavy atom. The van der Waals surface area contributed by atoms with Gasteiger partial charge in [-0.05, 0) is 30.9 Å². The number of carbonyl (C=O) groups is 3. The minimum Gasteiger partial charge on any atom is -0.337 e. The van der Waals surface area contributed by atoms with Gasteiger partial charge in [-0.2, -0.15) is 0 Å².